The molecule has 2 aromatic carbocycles. The highest BCUT2D eigenvalue weighted by Crippen LogP contribution is 2.32. The molecule has 2 fully saturated rings. The van der Waals surface area contributed by atoms with Gasteiger partial charge in [0.15, 0.2) is 0 Å². The molecule has 3 aliphatic heterocycles. The number of nitrogens with one attached hydrogen (secondary N) is 1. The summed E-state index contributed by atoms with van der Waals surface area (Å²) in [5.74, 6) is 0.519. The maximum absolute atomic E-state index is 13.7. The minimum absolute atomic E-state index is 0.0913. The van der Waals surface area contributed by atoms with E-state index in [0.717, 1.165) is 51.1 Å². The molecule has 4 aliphatic rings. The summed E-state index contributed by atoms with van der Waals surface area (Å²) in [6.45, 7) is 7.82. The number of ether oxygens (including phenoxy) is 1. The maximum atomic E-state index is 13.7. The highest BCUT2D eigenvalue weighted by atomic mass is 16.5. The molecule has 1 saturated heterocycles. The molecule has 0 radical (unpaired) electrons. The lowest BCUT2D eigenvalue weighted by Gasteiger charge is -2.37. The van der Waals surface area contributed by atoms with Gasteiger partial charge in [0.05, 0.1) is 12.1 Å². The van der Waals surface area contributed by atoms with E-state index in [0.29, 0.717) is 43.6 Å². The average Bonchev–Trinajstić information content (AvgIpc) is 3.10. The number of hydrogen-bond acceptors (Lipinski definition) is 7. The average molecular weight is 544 g/mol. The first-order valence-corrected chi connectivity index (χ1v) is 14.9. The molecule has 40 heavy (non-hydrogen) atoms. The summed E-state index contributed by atoms with van der Waals surface area (Å²) >= 11 is 0. The SMILES string of the molecule is CC(=C1CCC1)N1CCC(Nc2ccc3c(c2)C(=O)N(CC(CN2CCc4ccccc4C2)N=O)CCO3)CC1. The van der Waals surface area contributed by atoms with Crippen molar-refractivity contribution in [1.29, 1.82) is 0 Å². The third-order valence-electron chi connectivity index (χ3n) is 9.18. The normalized spacial score (nSPS) is 20.5. The number of rotatable bonds is 8. The summed E-state index contributed by atoms with van der Waals surface area (Å²) in [6.07, 6.45) is 6.99. The highest BCUT2D eigenvalue weighted by Gasteiger charge is 2.29. The Morgan fingerprint density at radius 1 is 1.02 bits per heavy atom. The molecule has 1 saturated carbocycles. The van der Waals surface area contributed by atoms with Crippen molar-refractivity contribution < 1.29 is 9.53 Å². The van der Waals surface area contributed by atoms with Crippen LogP contribution in [0, 0.1) is 4.91 Å². The molecule has 1 N–H and O–H groups in total. The third-order valence-corrected chi connectivity index (χ3v) is 9.18. The number of nitrogens with zero attached hydrogens (tertiary/aromatic N) is 4. The Bertz CT molecular complexity index is 1260. The van der Waals surface area contributed by atoms with Gasteiger partial charge < -0.3 is 19.9 Å². The zero-order valence-corrected chi connectivity index (χ0v) is 23.6. The van der Waals surface area contributed by atoms with Gasteiger partial charge in [-0.2, -0.15) is 4.91 Å². The topological polar surface area (TPSA) is 77.5 Å². The van der Waals surface area contributed by atoms with Gasteiger partial charge in [-0.1, -0.05) is 35.0 Å². The molecule has 2 aromatic rings. The number of fused-ring (bicyclic) bond motifs is 2. The Labute approximate surface area is 237 Å². The number of carbonyl (C=O) groups excluding carboxylic acids is 1. The Morgan fingerprint density at radius 3 is 2.58 bits per heavy atom. The highest BCUT2D eigenvalue weighted by molar-refractivity contribution is 5.98. The number of hydrogen-bond donors (Lipinski definition) is 1. The number of carbonyl (C=O) groups is 1. The lowest BCUT2D eigenvalue weighted by molar-refractivity contribution is 0.0734. The first-order valence-electron chi connectivity index (χ1n) is 14.9. The summed E-state index contributed by atoms with van der Waals surface area (Å²) in [7, 11) is 0. The van der Waals surface area contributed by atoms with E-state index in [-0.39, 0.29) is 5.91 Å². The molecule has 0 aromatic heterocycles. The first kappa shape index (κ1) is 26.8. The van der Waals surface area contributed by atoms with Crippen molar-refractivity contribution in [1.82, 2.24) is 14.7 Å². The van der Waals surface area contributed by atoms with E-state index in [9.17, 15) is 9.70 Å². The minimum Gasteiger partial charge on any atom is -0.491 e. The molecule has 0 bridgehead atoms. The number of nitroso groups, excluding NO2 is 1. The van der Waals surface area contributed by atoms with Gasteiger partial charge in [0.1, 0.15) is 18.4 Å². The van der Waals surface area contributed by atoms with Crippen LogP contribution in [0.1, 0.15) is 60.5 Å². The Kier molecular flexibility index (Phi) is 8.05. The summed E-state index contributed by atoms with van der Waals surface area (Å²) in [6, 6.07) is 14.2. The lowest BCUT2D eigenvalue weighted by Crippen LogP contribution is -2.43. The van der Waals surface area contributed by atoms with Crippen molar-refractivity contribution in [3.63, 3.8) is 0 Å². The quantitative estimate of drug-likeness (QED) is 0.470. The molecule has 8 nitrogen and oxygen atoms in total. The van der Waals surface area contributed by atoms with E-state index >= 15 is 0 Å². The Morgan fingerprint density at radius 2 is 1.82 bits per heavy atom. The smallest absolute Gasteiger partial charge is 0.257 e. The molecule has 6 rings (SSSR count). The van der Waals surface area contributed by atoms with Crippen molar-refractivity contribution in [2.45, 2.75) is 64.1 Å². The van der Waals surface area contributed by atoms with Crippen LogP contribution in [0.25, 0.3) is 0 Å². The largest absolute Gasteiger partial charge is 0.491 e. The standard InChI is InChI=1S/C32H41N5O3/c1-23(24-7-4-8-24)36-15-12-27(13-16-36)33-28-9-10-31-30(19-28)32(38)37(17-18-40-31)22-29(34-39)21-35-14-11-25-5-2-3-6-26(25)20-35/h2-3,5-6,9-10,19,27,29,33H,4,7-8,11-18,20-22H2,1H3. The summed E-state index contributed by atoms with van der Waals surface area (Å²) in [4.78, 5) is 32.1. The van der Waals surface area contributed by atoms with Crippen LogP contribution >= 0.6 is 0 Å². The monoisotopic (exact) mass is 543 g/mol. The predicted molar refractivity (Wildman–Crippen MR) is 158 cm³/mol. The van der Waals surface area contributed by atoms with E-state index in [1.807, 2.05) is 18.2 Å². The number of piperidine rings is 1. The van der Waals surface area contributed by atoms with Crippen molar-refractivity contribution in [2.75, 3.05) is 51.2 Å². The predicted octanol–water partition coefficient (Wildman–Crippen LogP) is 5.05. The van der Waals surface area contributed by atoms with Gasteiger partial charge in [0.25, 0.3) is 5.91 Å². The number of allylic oxidation sites excluding steroid dienone is 2. The molecule has 8 heteroatoms. The zero-order chi connectivity index (χ0) is 27.5. The van der Waals surface area contributed by atoms with Gasteiger partial charge in [-0.3, -0.25) is 9.69 Å². The molecule has 1 aliphatic carbocycles. The van der Waals surface area contributed by atoms with Crippen LogP contribution in [0.2, 0.25) is 0 Å². The summed E-state index contributed by atoms with van der Waals surface area (Å²) in [5, 5.41) is 7.11. The van der Waals surface area contributed by atoms with Crippen LogP contribution in [0.3, 0.4) is 0 Å². The molecule has 212 valence electrons. The van der Waals surface area contributed by atoms with Crippen molar-refractivity contribution in [3.8, 4) is 5.75 Å². The second-order valence-corrected chi connectivity index (χ2v) is 11.8. The van der Waals surface area contributed by atoms with Gasteiger partial charge in [-0.05, 0) is 74.8 Å². The van der Waals surface area contributed by atoms with Crippen molar-refractivity contribution in [3.05, 3.63) is 75.3 Å². The fourth-order valence-corrected chi connectivity index (χ4v) is 6.55. The van der Waals surface area contributed by atoms with E-state index < -0.39 is 6.04 Å². The third kappa shape index (κ3) is 5.87. The second-order valence-electron chi connectivity index (χ2n) is 11.8. The van der Waals surface area contributed by atoms with Crippen LogP contribution in [0.5, 0.6) is 5.75 Å². The van der Waals surface area contributed by atoms with Gasteiger partial charge >= 0.3 is 0 Å². The molecule has 1 atom stereocenters. The molecule has 1 amide bonds. The van der Waals surface area contributed by atoms with E-state index in [1.165, 1.54) is 36.1 Å². The lowest BCUT2D eigenvalue weighted by atomic mass is 9.90. The van der Waals surface area contributed by atoms with Gasteiger partial charge in [-0.15, -0.1) is 0 Å². The number of likely N-dealkylation sites (tertiary alicyclic amines) is 1. The van der Waals surface area contributed by atoms with Crippen LogP contribution in [0.4, 0.5) is 5.69 Å². The first-order chi connectivity index (χ1) is 19.6. The van der Waals surface area contributed by atoms with E-state index in [1.54, 1.807) is 10.5 Å². The zero-order valence-electron chi connectivity index (χ0n) is 23.6. The number of benzene rings is 2. The number of anilines is 1. The van der Waals surface area contributed by atoms with Gasteiger partial charge in [0, 0.05) is 56.7 Å². The van der Waals surface area contributed by atoms with Crippen LogP contribution in [-0.2, 0) is 13.0 Å². The van der Waals surface area contributed by atoms with Crippen LogP contribution in [-0.4, -0.2) is 78.6 Å². The van der Waals surface area contributed by atoms with Gasteiger partial charge in [-0.25, -0.2) is 0 Å². The van der Waals surface area contributed by atoms with Crippen molar-refractivity contribution >= 4 is 11.6 Å². The fourth-order valence-electron chi connectivity index (χ4n) is 6.55. The van der Waals surface area contributed by atoms with E-state index in [4.69, 9.17) is 4.74 Å². The minimum atomic E-state index is -0.486. The molecular formula is C32H41N5O3. The second kappa shape index (κ2) is 12.0. The Hall–Kier alpha value is -3.39. The summed E-state index contributed by atoms with van der Waals surface area (Å²) < 4.78 is 5.96. The Balaban J connectivity index is 1.07. The van der Waals surface area contributed by atoms with Crippen LogP contribution in [0.15, 0.2) is 58.9 Å². The molecular weight excluding hydrogens is 502 g/mol. The van der Waals surface area contributed by atoms with E-state index in [2.05, 4.69) is 51.5 Å². The maximum Gasteiger partial charge on any atom is 0.257 e. The molecule has 3 heterocycles. The van der Waals surface area contributed by atoms with Gasteiger partial charge in [0.2, 0.25) is 0 Å². The number of amides is 1. The van der Waals surface area contributed by atoms with Crippen LogP contribution < -0.4 is 10.1 Å². The molecule has 0 spiro atoms. The molecule has 1 unspecified atom stereocenters. The fraction of sp³-hybridized carbons (Fsp3) is 0.531. The van der Waals surface area contributed by atoms with Crippen molar-refractivity contribution in [2.24, 2.45) is 5.18 Å². The summed E-state index contributed by atoms with van der Waals surface area (Å²) in [5.41, 5.74) is 7.31.